The van der Waals surface area contributed by atoms with Crippen LogP contribution in [0.3, 0.4) is 0 Å². The van der Waals surface area contributed by atoms with Crippen molar-refractivity contribution in [2.24, 2.45) is 0 Å². The van der Waals surface area contributed by atoms with Gasteiger partial charge in [-0.3, -0.25) is 9.10 Å². The lowest BCUT2D eigenvalue weighted by Gasteiger charge is -2.28. The maximum Gasteiger partial charge on any atom is 0.247 e. The van der Waals surface area contributed by atoms with Crippen LogP contribution in [-0.2, 0) is 14.8 Å². The second-order valence-electron chi connectivity index (χ2n) is 5.21. The van der Waals surface area contributed by atoms with Crippen LogP contribution in [0.1, 0.15) is 6.92 Å². The summed E-state index contributed by atoms with van der Waals surface area (Å²) in [6.45, 7) is 1.54. The first-order valence-electron chi connectivity index (χ1n) is 7.00. The first kappa shape index (κ1) is 19.0. The molecule has 1 atom stereocenters. The van der Waals surface area contributed by atoms with Crippen molar-refractivity contribution in [3.05, 3.63) is 57.1 Å². The standard InChI is InChI=1S/C16H16ClIN2O3S/c1-11(16(21)19-14-7-5-13(18)6-8-14)20(24(2,22)23)15-9-3-12(17)4-10-15/h3-11H,1-2H3,(H,19,21)/t11-/m0/s1. The molecule has 0 aliphatic heterocycles. The molecule has 0 aliphatic carbocycles. The van der Waals surface area contributed by atoms with Gasteiger partial charge in [-0.25, -0.2) is 8.42 Å². The summed E-state index contributed by atoms with van der Waals surface area (Å²) in [5, 5.41) is 3.22. The highest BCUT2D eigenvalue weighted by atomic mass is 127. The Morgan fingerprint density at radius 3 is 2.17 bits per heavy atom. The number of carbonyl (C=O) groups is 1. The van der Waals surface area contributed by atoms with Crippen LogP contribution in [0.4, 0.5) is 11.4 Å². The smallest absolute Gasteiger partial charge is 0.247 e. The quantitative estimate of drug-likeness (QED) is 0.666. The molecule has 0 fully saturated rings. The average Bonchev–Trinajstić information content (AvgIpc) is 2.50. The fraction of sp³-hybridized carbons (Fsp3) is 0.188. The van der Waals surface area contributed by atoms with Crippen molar-refractivity contribution in [1.82, 2.24) is 0 Å². The van der Waals surface area contributed by atoms with E-state index in [1.165, 1.54) is 6.92 Å². The van der Waals surface area contributed by atoms with E-state index in [1.807, 2.05) is 12.1 Å². The lowest BCUT2D eigenvalue weighted by atomic mass is 10.2. The number of nitrogens with one attached hydrogen (secondary N) is 1. The zero-order chi connectivity index (χ0) is 17.9. The molecule has 8 heteroatoms. The summed E-state index contributed by atoms with van der Waals surface area (Å²) in [6, 6.07) is 12.6. The van der Waals surface area contributed by atoms with Gasteiger partial charge in [0, 0.05) is 14.3 Å². The number of rotatable bonds is 5. The number of halogens is 2. The number of benzene rings is 2. The average molecular weight is 479 g/mol. The Bertz CT molecular complexity index is 823. The predicted octanol–water partition coefficient (Wildman–Crippen LogP) is 3.74. The molecule has 1 amide bonds. The molecule has 0 bridgehead atoms. The first-order valence-corrected chi connectivity index (χ1v) is 10.3. The lowest BCUT2D eigenvalue weighted by molar-refractivity contribution is -0.116. The van der Waals surface area contributed by atoms with Crippen LogP contribution in [0.25, 0.3) is 0 Å². The zero-order valence-electron chi connectivity index (χ0n) is 13.0. The highest BCUT2D eigenvalue weighted by Gasteiger charge is 2.29. The predicted molar refractivity (Wildman–Crippen MR) is 106 cm³/mol. The molecule has 0 aliphatic rings. The molecule has 0 radical (unpaired) electrons. The third-order valence-corrected chi connectivity index (χ3v) is 5.49. The van der Waals surface area contributed by atoms with Crippen molar-refractivity contribution in [1.29, 1.82) is 0 Å². The second-order valence-corrected chi connectivity index (χ2v) is 8.75. The molecular weight excluding hydrogens is 463 g/mol. The van der Waals surface area contributed by atoms with Crippen LogP contribution in [0.2, 0.25) is 5.02 Å². The third-order valence-electron chi connectivity index (χ3n) is 3.28. The van der Waals surface area contributed by atoms with E-state index in [1.54, 1.807) is 36.4 Å². The van der Waals surface area contributed by atoms with Crippen molar-refractivity contribution in [3.63, 3.8) is 0 Å². The van der Waals surface area contributed by atoms with Gasteiger partial charge in [-0.05, 0) is 78.0 Å². The topological polar surface area (TPSA) is 66.5 Å². The zero-order valence-corrected chi connectivity index (χ0v) is 16.8. The van der Waals surface area contributed by atoms with Crippen LogP contribution < -0.4 is 9.62 Å². The number of hydrogen-bond acceptors (Lipinski definition) is 3. The van der Waals surface area contributed by atoms with Gasteiger partial charge < -0.3 is 5.32 Å². The summed E-state index contributed by atoms with van der Waals surface area (Å²) < 4.78 is 26.5. The van der Waals surface area contributed by atoms with Gasteiger partial charge in [-0.2, -0.15) is 0 Å². The van der Waals surface area contributed by atoms with E-state index < -0.39 is 22.0 Å². The largest absolute Gasteiger partial charge is 0.324 e. The molecule has 1 N–H and O–H groups in total. The van der Waals surface area contributed by atoms with Crippen molar-refractivity contribution in [2.75, 3.05) is 15.9 Å². The number of amides is 1. The summed E-state index contributed by atoms with van der Waals surface area (Å²) in [6.07, 6.45) is 1.07. The van der Waals surface area contributed by atoms with Crippen LogP contribution in [0.15, 0.2) is 48.5 Å². The van der Waals surface area contributed by atoms with Gasteiger partial charge in [0.25, 0.3) is 0 Å². The van der Waals surface area contributed by atoms with E-state index in [-0.39, 0.29) is 0 Å². The molecule has 0 unspecified atom stereocenters. The van der Waals surface area contributed by atoms with Crippen LogP contribution in [-0.4, -0.2) is 26.6 Å². The van der Waals surface area contributed by atoms with Gasteiger partial charge in [0.2, 0.25) is 15.9 Å². The maximum absolute atomic E-state index is 12.5. The molecule has 128 valence electrons. The van der Waals surface area contributed by atoms with Crippen LogP contribution in [0.5, 0.6) is 0 Å². The number of hydrogen-bond donors (Lipinski definition) is 1. The molecule has 24 heavy (non-hydrogen) atoms. The molecule has 0 aromatic heterocycles. The monoisotopic (exact) mass is 478 g/mol. The fourth-order valence-electron chi connectivity index (χ4n) is 2.18. The van der Waals surface area contributed by atoms with E-state index in [0.29, 0.717) is 16.4 Å². The molecular formula is C16H16ClIN2O3S. The minimum atomic E-state index is -3.65. The molecule has 2 rings (SSSR count). The summed E-state index contributed by atoms with van der Waals surface area (Å²) in [4.78, 5) is 12.5. The summed E-state index contributed by atoms with van der Waals surface area (Å²) in [5.41, 5.74) is 0.990. The van der Waals surface area contributed by atoms with Gasteiger partial charge in [-0.1, -0.05) is 11.6 Å². The fourth-order valence-corrected chi connectivity index (χ4v) is 3.84. The Labute approximate surface area is 160 Å². The van der Waals surface area contributed by atoms with E-state index in [4.69, 9.17) is 11.6 Å². The third kappa shape index (κ3) is 4.84. The Balaban J connectivity index is 2.27. The van der Waals surface area contributed by atoms with E-state index in [0.717, 1.165) is 14.1 Å². The molecule has 2 aromatic rings. The Morgan fingerprint density at radius 2 is 1.67 bits per heavy atom. The minimum Gasteiger partial charge on any atom is -0.324 e. The number of sulfonamides is 1. The molecule has 0 saturated carbocycles. The molecule has 0 spiro atoms. The van der Waals surface area contributed by atoms with Crippen LogP contribution >= 0.6 is 34.2 Å². The molecule has 0 saturated heterocycles. The Morgan fingerprint density at radius 1 is 1.12 bits per heavy atom. The SMILES string of the molecule is C[C@@H](C(=O)Nc1ccc(I)cc1)N(c1ccc(Cl)cc1)S(C)(=O)=O. The number of anilines is 2. The van der Waals surface area contributed by atoms with Crippen molar-refractivity contribution >= 4 is 61.5 Å². The van der Waals surface area contributed by atoms with Gasteiger partial charge in [0.05, 0.1) is 11.9 Å². The number of nitrogens with zero attached hydrogens (tertiary/aromatic N) is 1. The van der Waals surface area contributed by atoms with Gasteiger partial charge in [0.1, 0.15) is 6.04 Å². The molecule has 2 aromatic carbocycles. The highest BCUT2D eigenvalue weighted by molar-refractivity contribution is 14.1. The Hall–Kier alpha value is -1.32. The highest BCUT2D eigenvalue weighted by Crippen LogP contribution is 2.23. The van der Waals surface area contributed by atoms with E-state index >= 15 is 0 Å². The normalized spacial score (nSPS) is 12.5. The first-order chi connectivity index (χ1) is 11.2. The minimum absolute atomic E-state index is 0.382. The van der Waals surface area contributed by atoms with Crippen LogP contribution in [0, 0.1) is 3.57 Å². The van der Waals surface area contributed by atoms with E-state index in [9.17, 15) is 13.2 Å². The van der Waals surface area contributed by atoms with Crippen molar-refractivity contribution in [2.45, 2.75) is 13.0 Å². The summed E-state index contributed by atoms with van der Waals surface area (Å²) in [7, 11) is -3.65. The van der Waals surface area contributed by atoms with Crippen molar-refractivity contribution < 1.29 is 13.2 Å². The van der Waals surface area contributed by atoms with Crippen molar-refractivity contribution in [3.8, 4) is 0 Å². The lowest BCUT2D eigenvalue weighted by Crippen LogP contribution is -2.45. The van der Waals surface area contributed by atoms with Gasteiger partial charge in [0.15, 0.2) is 0 Å². The summed E-state index contributed by atoms with van der Waals surface area (Å²) >= 11 is 8.01. The molecule has 0 heterocycles. The second kappa shape index (κ2) is 7.71. The molecule has 5 nitrogen and oxygen atoms in total. The number of carbonyl (C=O) groups excluding carboxylic acids is 1. The summed E-state index contributed by atoms with van der Waals surface area (Å²) in [5.74, 6) is -0.420. The maximum atomic E-state index is 12.5. The van der Waals surface area contributed by atoms with Gasteiger partial charge >= 0.3 is 0 Å². The van der Waals surface area contributed by atoms with E-state index in [2.05, 4.69) is 27.9 Å². The van der Waals surface area contributed by atoms with Gasteiger partial charge in [-0.15, -0.1) is 0 Å². The Kier molecular flexibility index (Phi) is 6.11.